The summed E-state index contributed by atoms with van der Waals surface area (Å²) in [5, 5.41) is 13.6. The van der Waals surface area contributed by atoms with Crippen LogP contribution in [0.5, 0.6) is 11.5 Å². The molecule has 0 atom stereocenters. The molecule has 0 aliphatic heterocycles. The highest BCUT2D eigenvalue weighted by Crippen LogP contribution is 2.37. The van der Waals surface area contributed by atoms with E-state index in [1.54, 1.807) is 14.2 Å². The van der Waals surface area contributed by atoms with Crippen LogP contribution < -0.4 is 14.8 Å². The third kappa shape index (κ3) is 3.37. The van der Waals surface area contributed by atoms with Gasteiger partial charge in [0.05, 0.1) is 19.8 Å². The first kappa shape index (κ1) is 16.8. The molecule has 26 heavy (non-hydrogen) atoms. The number of aryl methyl sites for hydroxylation is 2. The van der Waals surface area contributed by atoms with Gasteiger partial charge in [0.25, 0.3) is 0 Å². The molecule has 1 aliphatic carbocycles. The highest BCUT2D eigenvalue weighted by Gasteiger charge is 2.14. The average Bonchev–Trinajstić information content (AvgIpc) is 3.15. The van der Waals surface area contributed by atoms with E-state index in [1.807, 2.05) is 18.2 Å². The summed E-state index contributed by atoms with van der Waals surface area (Å²) in [7, 11) is 3.30. The fraction of sp³-hybridized carbons (Fsp3) is 0.300. The number of rotatable bonds is 5. The molecule has 0 saturated heterocycles. The zero-order valence-electron chi connectivity index (χ0n) is 14.9. The van der Waals surface area contributed by atoms with Crippen LogP contribution in [-0.2, 0) is 12.8 Å². The first-order valence-electron chi connectivity index (χ1n) is 8.71. The summed E-state index contributed by atoms with van der Waals surface area (Å²) in [4.78, 5) is 0. The Hall–Kier alpha value is -2.60. The Morgan fingerprint density at radius 3 is 2.58 bits per heavy atom. The van der Waals surface area contributed by atoms with Crippen molar-refractivity contribution in [3.8, 4) is 22.1 Å². The number of benzene rings is 2. The number of aromatic nitrogens is 2. The van der Waals surface area contributed by atoms with Crippen molar-refractivity contribution in [2.75, 3.05) is 19.5 Å². The zero-order chi connectivity index (χ0) is 17.9. The molecule has 1 heterocycles. The van der Waals surface area contributed by atoms with E-state index in [2.05, 4.69) is 33.7 Å². The maximum absolute atomic E-state index is 5.45. The number of fused-ring (bicyclic) bond motifs is 1. The van der Waals surface area contributed by atoms with Gasteiger partial charge >= 0.3 is 0 Å². The van der Waals surface area contributed by atoms with Crippen LogP contribution in [-0.4, -0.2) is 24.4 Å². The van der Waals surface area contributed by atoms with Crippen molar-refractivity contribution in [3.05, 3.63) is 47.5 Å². The summed E-state index contributed by atoms with van der Waals surface area (Å²) in [6, 6.07) is 12.3. The Kier molecular flexibility index (Phi) is 4.75. The lowest BCUT2D eigenvalue weighted by atomic mass is 9.91. The van der Waals surface area contributed by atoms with Crippen LogP contribution in [0.15, 0.2) is 36.4 Å². The van der Waals surface area contributed by atoms with E-state index in [0.29, 0.717) is 0 Å². The first-order valence-corrected chi connectivity index (χ1v) is 9.53. The fourth-order valence-electron chi connectivity index (χ4n) is 3.30. The summed E-state index contributed by atoms with van der Waals surface area (Å²) in [5.41, 5.74) is 4.86. The second kappa shape index (κ2) is 7.33. The summed E-state index contributed by atoms with van der Waals surface area (Å²) >= 11 is 1.50. The van der Waals surface area contributed by atoms with E-state index in [9.17, 15) is 0 Å². The number of hydrogen-bond donors (Lipinski definition) is 1. The highest BCUT2D eigenvalue weighted by molar-refractivity contribution is 7.18. The van der Waals surface area contributed by atoms with Gasteiger partial charge in [-0.05, 0) is 67.1 Å². The largest absolute Gasteiger partial charge is 0.497 e. The van der Waals surface area contributed by atoms with Crippen LogP contribution in [0.4, 0.5) is 10.8 Å². The van der Waals surface area contributed by atoms with Crippen molar-refractivity contribution in [1.29, 1.82) is 0 Å². The van der Waals surface area contributed by atoms with E-state index in [-0.39, 0.29) is 0 Å². The van der Waals surface area contributed by atoms with Crippen molar-refractivity contribution in [2.45, 2.75) is 25.7 Å². The lowest BCUT2D eigenvalue weighted by Crippen LogP contribution is -2.03. The zero-order valence-corrected chi connectivity index (χ0v) is 15.7. The third-order valence-corrected chi connectivity index (χ3v) is 5.53. The van der Waals surface area contributed by atoms with E-state index >= 15 is 0 Å². The normalized spacial score (nSPS) is 13.2. The molecule has 0 radical (unpaired) electrons. The molecule has 2 aromatic carbocycles. The molecule has 1 N–H and O–H groups in total. The summed E-state index contributed by atoms with van der Waals surface area (Å²) < 4.78 is 10.8. The van der Waals surface area contributed by atoms with E-state index in [4.69, 9.17) is 9.47 Å². The Bertz CT molecular complexity index is 923. The van der Waals surface area contributed by atoms with Crippen molar-refractivity contribution in [1.82, 2.24) is 10.2 Å². The Morgan fingerprint density at radius 1 is 0.923 bits per heavy atom. The van der Waals surface area contributed by atoms with Gasteiger partial charge in [0, 0.05) is 5.69 Å². The highest BCUT2D eigenvalue weighted by atomic mass is 32.1. The molecule has 0 bridgehead atoms. The predicted molar refractivity (Wildman–Crippen MR) is 105 cm³/mol. The molecule has 0 unspecified atom stereocenters. The number of nitrogens with zero attached hydrogens (tertiary/aromatic N) is 2. The molecule has 0 amide bonds. The van der Waals surface area contributed by atoms with Gasteiger partial charge < -0.3 is 14.8 Å². The number of ether oxygens (including phenoxy) is 2. The van der Waals surface area contributed by atoms with Crippen molar-refractivity contribution in [3.63, 3.8) is 0 Å². The lowest BCUT2D eigenvalue weighted by Gasteiger charge is -2.16. The maximum atomic E-state index is 5.45. The standard InChI is InChI=1S/C20H21N3O2S/c1-24-16-9-10-18(25-2)17(12-16)19-22-23-20(26-19)21-15-8-7-13-5-3-4-6-14(13)11-15/h7-12H,3-6H2,1-2H3,(H,21,23). The van der Waals surface area contributed by atoms with Crippen molar-refractivity contribution in [2.24, 2.45) is 0 Å². The molecule has 4 rings (SSSR count). The second-order valence-corrected chi connectivity index (χ2v) is 7.27. The molecule has 0 spiro atoms. The fourth-order valence-corrected chi connectivity index (χ4v) is 4.08. The monoisotopic (exact) mass is 367 g/mol. The Balaban J connectivity index is 1.59. The summed E-state index contributed by atoms with van der Waals surface area (Å²) in [6.07, 6.45) is 4.92. The minimum Gasteiger partial charge on any atom is -0.497 e. The smallest absolute Gasteiger partial charge is 0.210 e. The second-order valence-electron chi connectivity index (χ2n) is 6.29. The van der Waals surface area contributed by atoms with Crippen LogP contribution in [0.1, 0.15) is 24.0 Å². The average molecular weight is 367 g/mol. The molecule has 3 aromatic rings. The van der Waals surface area contributed by atoms with Crippen LogP contribution in [0.2, 0.25) is 0 Å². The Morgan fingerprint density at radius 2 is 1.77 bits per heavy atom. The Labute approximate surface area is 157 Å². The van der Waals surface area contributed by atoms with Gasteiger partial charge in [0.1, 0.15) is 11.5 Å². The van der Waals surface area contributed by atoms with Crippen molar-refractivity contribution < 1.29 is 9.47 Å². The molecular formula is C20H21N3O2S. The molecule has 6 heteroatoms. The van der Waals surface area contributed by atoms with Crippen LogP contribution in [0.25, 0.3) is 10.6 Å². The van der Waals surface area contributed by atoms with E-state index < -0.39 is 0 Å². The van der Waals surface area contributed by atoms with Gasteiger partial charge in [-0.3, -0.25) is 0 Å². The van der Waals surface area contributed by atoms with Crippen LogP contribution in [0.3, 0.4) is 0 Å². The minimum atomic E-state index is 0.752. The SMILES string of the molecule is COc1ccc(OC)c(-c2nnc(Nc3ccc4c(c3)CCCC4)s2)c1. The number of methoxy groups -OCH3 is 2. The minimum absolute atomic E-state index is 0.752. The van der Waals surface area contributed by atoms with E-state index in [0.717, 1.165) is 39.3 Å². The van der Waals surface area contributed by atoms with Gasteiger partial charge in [-0.2, -0.15) is 0 Å². The molecule has 1 aliphatic rings. The van der Waals surface area contributed by atoms with Gasteiger partial charge in [0.2, 0.25) is 5.13 Å². The lowest BCUT2D eigenvalue weighted by molar-refractivity contribution is 0.404. The van der Waals surface area contributed by atoms with Gasteiger partial charge in [-0.15, -0.1) is 10.2 Å². The van der Waals surface area contributed by atoms with E-state index in [1.165, 1.54) is 41.7 Å². The first-order chi connectivity index (χ1) is 12.8. The summed E-state index contributed by atoms with van der Waals surface area (Å²) in [5.74, 6) is 1.52. The van der Waals surface area contributed by atoms with Gasteiger partial charge in [-0.25, -0.2) is 0 Å². The predicted octanol–water partition coefficient (Wildman–Crippen LogP) is 4.84. The van der Waals surface area contributed by atoms with Crippen LogP contribution in [0, 0.1) is 0 Å². The molecule has 134 valence electrons. The molecule has 0 saturated carbocycles. The quantitative estimate of drug-likeness (QED) is 0.699. The van der Waals surface area contributed by atoms with Gasteiger partial charge in [0.15, 0.2) is 5.01 Å². The number of hydrogen-bond acceptors (Lipinski definition) is 6. The molecule has 1 aromatic heterocycles. The van der Waals surface area contributed by atoms with Crippen molar-refractivity contribution >= 4 is 22.2 Å². The number of anilines is 2. The molecule has 5 nitrogen and oxygen atoms in total. The maximum Gasteiger partial charge on any atom is 0.210 e. The molecular weight excluding hydrogens is 346 g/mol. The topological polar surface area (TPSA) is 56.3 Å². The summed E-state index contributed by atoms with van der Waals surface area (Å²) in [6.45, 7) is 0. The van der Waals surface area contributed by atoms with Gasteiger partial charge in [-0.1, -0.05) is 17.4 Å². The number of nitrogens with one attached hydrogen (secondary N) is 1. The third-order valence-electron chi connectivity index (χ3n) is 4.66. The van der Waals surface area contributed by atoms with Crippen LogP contribution >= 0.6 is 11.3 Å². The molecule has 0 fully saturated rings.